The minimum Gasteiger partial charge on any atom is -0.310 e. The van der Waals surface area contributed by atoms with Gasteiger partial charge in [0.25, 0.3) is 10.0 Å². The quantitative estimate of drug-likeness (QED) is 0.859. The molecule has 6 heteroatoms. The van der Waals surface area contributed by atoms with E-state index in [9.17, 15) is 8.42 Å². The molecule has 112 valence electrons. The van der Waals surface area contributed by atoms with Gasteiger partial charge < -0.3 is 5.32 Å². The van der Waals surface area contributed by atoms with Crippen LogP contribution >= 0.6 is 0 Å². The van der Waals surface area contributed by atoms with Gasteiger partial charge >= 0.3 is 0 Å². The zero-order chi connectivity index (χ0) is 15.3. The number of hydrogen-bond acceptors (Lipinski definition) is 4. The minimum absolute atomic E-state index is 0.243. The summed E-state index contributed by atoms with van der Waals surface area (Å²) in [6.07, 6.45) is 3.08. The number of nitrogens with one attached hydrogen (secondary N) is 2. The Kier molecular flexibility index (Phi) is 4.93. The molecule has 0 saturated heterocycles. The topological polar surface area (TPSA) is 71.1 Å². The van der Waals surface area contributed by atoms with Gasteiger partial charge in [0.1, 0.15) is 0 Å². The highest BCUT2D eigenvalue weighted by Gasteiger charge is 2.13. The average molecular weight is 305 g/mol. The Bertz CT molecular complexity index is 668. The van der Waals surface area contributed by atoms with E-state index in [4.69, 9.17) is 0 Å². The second-order valence-corrected chi connectivity index (χ2v) is 6.70. The van der Waals surface area contributed by atoms with Gasteiger partial charge in [-0.05, 0) is 29.8 Å². The Labute approximate surface area is 125 Å². The third-order valence-corrected chi connectivity index (χ3v) is 4.28. The molecule has 0 aliphatic carbocycles. The lowest BCUT2D eigenvalue weighted by molar-refractivity contribution is 0.588. The maximum atomic E-state index is 12.2. The van der Waals surface area contributed by atoms with E-state index in [-0.39, 0.29) is 4.90 Å². The third kappa shape index (κ3) is 4.54. The van der Waals surface area contributed by atoms with Gasteiger partial charge in [0.05, 0.1) is 10.6 Å². The Morgan fingerprint density at radius 2 is 1.67 bits per heavy atom. The summed E-state index contributed by atoms with van der Waals surface area (Å²) in [5, 5.41) is 3.29. The van der Waals surface area contributed by atoms with Crippen LogP contribution in [0, 0.1) is 0 Å². The molecule has 0 spiro atoms. The van der Waals surface area contributed by atoms with E-state index in [2.05, 4.69) is 28.9 Å². The lowest BCUT2D eigenvalue weighted by Gasteiger charge is -2.10. The van der Waals surface area contributed by atoms with Crippen molar-refractivity contribution in [3.63, 3.8) is 0 Å². The van der Waals surface area contributed by atoms with E-state index in [0.717, 1.165) is 12.1 Å². The van der Waals surface area contributed by atoms with Gasteiger partial charge in [-0.25, -0.2) is 8.42 Å². The number of rotatable bonds is 6. The van der Waals surface area contributed by atoms with E-state index in [0.29, 0.717) is 11.7 Å². The lowest BCUT2D eigenvalue weighted by atomic mass is 10.2. The van der Waals surface area contributed by atoms with Crippen molar-refractivity contribution in [2.24, 2.45) is 0 Å². The second kappa shape index (κ2) is 6.69. The molecule has 0 aliphatic rings. The van der Waals surface area contributed by atoms with Crippen molar-refractivity contribution >= 4 is 15.7 Å². The molecule has 2 N–H and O–H groups in total. The number of benzene rings is 1. The Morgan fingerprint density at radius 3 is 2.24 bits per heavy atom. The van der Waals surface area contributed by atoms with Crippen LogP contribution in [0.5, 0.6) is 0 Å². The fraction of sp³-hybridized carbons (Fsp3) is 0.267. The van der Waals surface area contributed by atoms with Crippen LogP contribution in [0.2, 0.25) is 0 Å². The van der Waals surface area contributed by atoms with Crippen LogP contribution in [0.3, 0.4) is 0 Å². The molecule has 0 aliphatic heterocycles. The van der Waals surface area contributed by atoms with Gasteiger partial charge in [0.2, 0.25) is 0 Å². The molecule has 0 fully saturated rings. The van der Waals surface area contributed by atoms with E-state index < -0.39 is 10.0 Å². The van der Waals surface area contributed by atoms with Crippen molar-refractivity contribution in [1.29, 1.82) is 0 Å². The number of aromatic nitrogens is 1. The zero-order valence-electron chi connectivity index (χ0n) is 12.1. The molecule has 2 rings (SSSR count). The Hall–Kier alpha value is -1.92. The summed E-state index contributed by atoms with van der Waals surface area (Å²) >= 11 is 0. The van der Waals surface area contributed by atoms with Gasteiger partial charge in [0.15, 0.2) is 0 Å². The first kappa shape index (κ1) is 15.5. The molecule has 21 heavy (non-hydrogen) atoms. The number of nitrogens with zero attached hydrogens (tertiary/aromatic N) is 1. The zero-order valence-corrected chi connectivity index (χ0v) is 12.9. The van der Waals surface area contributed by atoms with Crippen LogP contribution in [-0.4, -0.2) is 19.4 Å². The van der Waals surface area contributed by atoms with Crippen molar-refractivity contribution in [2.75, 3.05) is 4.72 Å². The molecule has 1 aromatic heterocycles. The highest BCUT2D eigenvalue weighted by atomic mass is 32.2. The number of anilines is 1. The number of pyridine rings is 1. The summed E-state index contributed by atoms with van der Waals surface area (Å²) in [4.78, 5) is 4.10. The summed E-state index contributed by atoms with van der Waals surface area (Å²) in [5.41, 5.74) is 1.54. The molecule has 2 aromatic rings. The first-order valence-electron chi connectivity index (χ1n) is 6.72. The maximum absolute atomic E-state index is 12.2. The second-order valence-electron chi connectivity index (χ2n) is 5.02. The maximum Gasteiger partial charge on any atom is 0.261 e. The molecule has 0 atom stereocenters. The van der Waals surface area contributed by atoms with Crippen LogP contribution in [0.1, 0.15) is 19.4 Å². The number of sulfonamides is 1. The van der Waals surface area contributed by atoms with Crippen LogP contribution < -0.4 is 10.0 Å². The van der Waals surface area contributed by atoms with Crippen LogP contribution in [0.15, 0.2) is 53.7 Å². The molecule has 1 aromatic carbocycles. The first-order chi connectivity index (χ1) is 9.97. The average Bonchev–Trinajstić information content (AvgIpc) is 2.46. The van der Waals surface area contributed by atoms with Gasteiger partial charge in [-0.1, -0.05) is 26.0 Å². The van der Waals surface area contributed by atoms with Gasteiger partial charge in [-0.2, -0.15) is 0 Å². The van der Waals surface area contributed by atoms with Crippen molar-refractivity contribution < 1.29 is 8.42 Å². The minimum atomic E-state index is -3.56. The summed E-state index contributed by atoms with van der Waals surface area (Å²) in [6, 6.07) is 10.5. The fourth-order valence-corrected chi connectivity index (χ4v) is 2.80. The van der Waals surface area contributed by atoms with Crippen molar-refractivity contribution in [3.05, 3.63) is 54.4 Å². The smallest absolute Gasteiger partial charge is 0.261 e. The lowest BCUT2D eigenvalue weighted by Crippen LogP contribution is -2.21. The predicted molar refractivity (Wildman–Crippen MR) is 83.5 cm³/mol. The normalized spacial score (nSPS) is 11.6. The summed E-state index contributed by atoms with van der Waals surface area (Å²) in [6.45, 7) is 4.85. The van der Waals surface area contributed by atoms with E-state index in [1.54, 1.807) is 36.7 Å². The van der Waals surface area contributed by atoms with Gasteiger partial charge in [-0.15, -0.1) is 0 Å². The summed E-state index contributed by atoms with van der Waals surface area (Å²) in [5.74, 6) is 0. The molecule has 0 radical (unpaired) electrons. The predicted octanol–water partition coefficient (Wildman–Crippen LogP) is 2.38. The van der Waals surface area contributed by atoms with E-state index in [1.807, 2.05) is 12.1 Å². The number of hydrogen-bond donors (Lipinski definition) is 2. The summed E-state index contributed by atoms with van der Waals surface area (Å²) < 4.78 is 27.0. The summed E-state index contributed by atoms with van der Waals surface area (Å²) in [7, 11) is -3.56. The van der Waals surface area contributed by atoms with Gasteiger partial charge in [0, 0.05) is 25.0 Å². The molecule has 5 nitrogen and oxygen atoms in total. The van der Waals surface area contributed by atoms with Crippen LogP contribution in [-0.2, 0) is 16.6 Å². The fourth-order valence-electron chi connectivity index (χ4n) is 1.74. The first-order valence-corrected chi connectivity index (χ1v) is 8.21. The highest BCUT2D eigenvalue weighted by molar-refractivity contribution is 7.92. The Morgan fingerprint density at radius 1 is 1.05 bits per heavy atom. The van der Waals surface area contributed by atoms with Crippen LogP contribution in [0.4, 0.5) is 5.69 Å². The monoisotopic (exact) mass is 305 g/mol. The van der Waals surface area contributed by atoms with Crippen molar-refractivity contribution in [1.82, 2.24) is 10.3 Å². The SMILES string of the molecule is CC(C)NCc1ccc(S(=O)(=O)Nc2ccncc2)cc1. The molecular weight excluding hydrogens is 286 g/mol. The molecular formula is C15H19N3O2S. The van der Waals surface area contributed by atoms with Crippen molar-refractivity contribution in [2.45, 2.75) is 31.3 Å². The highest BCUT2D eigenvalue weighted by Crippen LogP contribution is 2.15. The molecule has 0 saturated carbocycles. The molecule has 0 bridgehead atoms. The van der Waals surface area contributed by atoms with E-state index in [1.165, 1.54) is 0 Å². The third-order valence-electron chi connectivity index (χ3n) is 2.88. The van der Waals surface area contributed by atoms with Crippen LogP contribution in [0.25, 0.3) is 0 Å². The molecule has 1 heterocycles. The van der Waals surface area contributed by atoms with Gasteiger partial charge in [-0.3, -0.25) is 9.71 Å². The molecule has 0 unspecified atom stereocenters. The molecule has 0 amide bonds. The van der Waals surface area contributed by atoms with E-state index >= 15 is 0 Å². The standard InChI is InChI=1S/C15H19N3O2S/c1-12(2)17-11-13-3-5-15(6-4-13)21(19,20)18-14-7-9-16-10-8-14/h3-10,12,17H,11H2,1-2H3,(H,16,18). The van der Waals surface area contributed by atoms with Crippen molar-refractivity contribution in [3.8, 4) is 0 Å². The Balaban J connectivity index is 2.10. The largest absolute Gasteiger partial charge is 0.310 e.